The Morgan fingerprint density at radius 3 is 2.55 bits per heavy atom. The number of amides is 1. The van der Waals surface area contributed by atoms with Crippen molar-refractivity contribution in [2.45, 2.75) is 26.2 Å². The zero-order chi connectivity index (χ0) is 13.9. The van der Waals surface area contributed by atoms with E-state index in [0.717, 1.165) is 25.9 Å². The van der Waals surface area contributed by atoms with Gasteiger partial charge in [0, 0.05) is 13.1 Å². The van der Waals surface area contributed by atoms with Gasteiger partial charge in [0.05, 0.1) is 12.3 Å². The second kappa shape index (κ2) is 7.06. The van der Waals surface area contributed by atoms with Crippen LogP contribution in [-0.2, 0) is 14.8 Å². The molecule has 6 nitrogen and oxygen atoms in total. The van der Waals surface area contributed by atoms with Crippen molar-refractivity contribution in [3.05, 3.63) is 0 Å². The molecule has 2 N–H and O–H groups in total. The maximum atomic E-state index is 11.8. The number of halogens is 1. The SMILES string of the molecule is CC1(CNC(=O)CN2CCCS2(=O)=O)CCNCC1.Cl. The van der Waals surface area contributed by atoms with Gasteiger partial charge in [0.15, 0.2) is 0 Å². The highest BCUT2D eigenvalue weighted by atomic mass is 35.5. The first-order valence-electron chi connectivity index (χ1n) is 6.87. The van der Waals surface area contributed by atoms with Crippen LogP contribution in [0, 0.1) is 5.41 Å². The largest absolute Gasteiger partial charge is 0.354 e. The zero-order valence-corrected chi connectivity index (χ0v) is 13.5. The highest BCUT2D eigenvalue weighted by Gasteiger charge is 2.31. The number of hydrogen-bond donors (Lipinski definition) is 2. The molecule has 2 saturated heterocycles. The molecule has 0 spiro atoms. The van der Waals surface area contributed by atoms with E-state index in [2.05, 4.69) is 17.6 Å². The highest BCUT2D eigenvalue weighted by molar-refractivity contribution is 7.89. The lowest BCUT2D eigenvalue weighted by atomic mass is 9.81. The molecule has 0 bridgehead atoms. The van der Waals surface area contributed by atoms with Gasteiger partial charge in [-0.25, -0.2) is 8.42 Å². The van der Waals surface area contributed by atoms with E-state index in [0.29, 0.717) is 19.5 Å². The Morgan fingerprint density at radius 1 is 1.35 bits per heavy atom. The van der Waals surface area contributed by atoms with E-state index >= 15 is 0 Å². The van der Waals surface area contributed by atoms with Gasteiger partial charge < -0.3 is 10.6 Å². The minimum absolute atomic E-state index is 0. The molecule has 20 heavy (non-hydrogen) atoms. The van der Waals surface area contributed by atoms with E-state index in [1.807, 2.05) is 0 Å². The molecule has 0 aromatic heterocycles. The Kier molecular flexibility index (Phi) is 6.25. The third kappa shape index (κ3) is 4.58. The van der Waals surface area contributed by atoms with Gasteiger partial charge in [0.2, 0.25) is 15.9 Å². The van der Waals surface area contributed by atoms with Gasteiger partial charge in [-0.3, -0.25) is 4.79 Å². The minimum atomic E-state index is -3.18. The summed E-state index contributed by atoms with van der Waals surface area (Å²) in [7, 11) is -3.18. The number of sulfonamides is 1. The van der Waals surface area contributed by atoms with Crippen LogP contribution in [0.15, 0.2) is 0 Å². The van der Waals surface area contributed by atoms with Crippen LogP contribution in [0.1, 0.15) is 26.2 Å². The average Bonchev–Trinajstić information content (AvgIpc) is 2.68. The molecule has 0 unspecified atom stereocenters. The molecule has 0 aromatic rings. The lowest BCUT2D eigenvalue weighted by molar-refractivity contribution is -0.121. The predicted octanol–water partition coefficient (Wildman–Crippen LogP) is -0.0504. The van der Waals surface area contributed by atoms with Gasteiger partial charge in [0.1, 0.15) is 0 Å². The molecule has 0 aliphatic carbocycles. The summed E-state index contributed by atoms with van der Waals surface area (Å²) in [6.07, 6.45) is 2.70. The van der Waals surface area contributed by atoms with Crippen LogP contribution in [0.4, 0.5) is 0 Å². The molecule has 2 rings (SSSR count). The standard InChI is InChI=1S/C12H23N3O3S.ClH/c1-12(3-5-13-6-4-12)10-14-11(16)9-15-7-2-8-19(15,17)18;/h13H,2-10H2,1H3,(H,14,16);1H. The topological polar surface area (TPSA) is 78.5 Å². The van der Waals surface area contributed by atoms with Crippen molar-refractivity contribution >= 4 is 28.3 Å². The Bertz CT molecular complexity index is 435. The van der Waals surface area contributed by atoms with Gasteiger partial charge in [-0.1, -0.05) is 6.92 Å². The van der Waals surface area contributed by atoms with E-state index in [-0.39, 0.29) is 36.0 Å². The van der Waals surface area contributed by atoms with Crippen molar-refractivity contribution in [1.82, 2.24) is 14.9 Å². The van der Waals surface area contributed by atoms with Crippen molar-refractivity contribution in [3.63, 3.8) is 0 Å². The summed E-state index contributed by atoms with van der Waals surface area (Å²) in [5, 5.41) is 6.18. The first-order chi connectivity index (χ1) is 8.91. The van der Waals surface area contributed by atoms with Crippen LogP contribution < -0.4 is 10.6 Å². The van der Waals surface area contributed by atoms with E-state index < -0.39 is 10.0 Å². The molecule has 1 amide bonds. The van der Waals surface area contributed by atoms with Crippen molar-refractivity contribution in [3.8, 4) is 0 Å². The summed E-state index contributed by atoms with van der Waals surface area (Å²) in [6, 6.07) is 0. The van der Waals surface area contributed by atoms with Crippen LogP contribution in [0.3, 0.4) is 0 Å². The fraction of sp³-hybridized carbons (Fsp3) is 0.917. The lowest BCUT2D eigenvalue weighted by Crippen LogP contribution is -2.45. The minimum Gasteiger partial charge on any atom is -0.354 e. The molecule has 2 aliphatic rings. The average molecular weight is 326 g/mol. The molecule has 0 aromatic carbocycles. The van der Waals surface area contributed by atoms with Crippen molar-refractivity contribution in [1.29, 1.82) is 0 Å². The molecule has 0 radical (unpaired) electrons. The van der Waals surface area contributed by atoms with Gasteiger partial charge in [0.25, 0.3) is 0 Å². The Labute approximate surface area is 127 Å². The van der Waals surface area contributed by atoms with E-state index in [1.165, 1.54) is 4.31 Å². The molecule has 0 saturated carbocycles. The summed E-state index contributed by atoms with van der Waals surface area (Å²) in [5.74, 6) is -0.0193. The van der Waals surface area contributed by atoms with Crippen LogP contribution >= 0.6 is 12.4 Å². The number of nitrogens with zero attached hydrogens (tertiary/aromatic N) is 1. The van der Waals surface area contributed by atoms with Crippen LogP contribution in [0.25, 0.3) is 0 Å². The molecule has 8 heteroatoms. The second-order valence-electron chi connectivity index (χ2n) is 5.84. The first-order valence-corrected chi connectivity index (χ1v) is 8.48. The molecular formula is C12H24ClN3O3S. The summed E-state index contributed by atoms with van der Waals surface area (Å²) in [6.45, 7) is 5.19. The summed E-state index contributed by atoms with van der Waals surface area (Å²) in [5.41, 5.74) is 0.130. The molecule has 2 aliphatic heterocycles. The van der Waals surface area contributed by atoms with Gasteiger partial charge in [-0.2, -0.15) is 4.31 Å². The maximum absolute atomic E-state index is 11.8. The number of carbonyl (C=O) groups is 1. The van der Waals surface area contributed by atoms with Gasteiger partial charge >= 0.3 is 0 Å². The van der Waals surface area contributed by atoms with Gasteiger partial charge in [-0.15, -0.1) is 12.4 Å². The van der Waals surface area contributed by atoms with Crippen LogP contribution in [-0.4, -0.2) is 57.1 Å². The Balaban J connectivity index is 0.00000200. The second-order valence-corrected chi connectivity index (χ2v) is 7.93. The van der Waals surface area contributed by atoms with Crippen LogP contribution in [0.5, 0.6) is 0 Å². The number of rotatable bonds is 4. The third-order valence-electron chi connectivity index (χ3n) is 4.05. The highest BCUT2D eigenvalue weighted by Crippen LogP contribution is 2.26. The number of piperidine rings is 1. The molecule has 118 valence electrons. The number of hydrogen-bond acceptors (Lipinski definition) is 4. The van der Waals surface area contributed by atoms with Crippen LogP contribution in [0.2, 0.25) is 0 Å². The quantitative estimate of drug-likeness (QED) is 0.759. The fourth-order valence-corrected chi connectivity index (χ4v) is 4.08. The Morgan fingerprint density at radius 2 is 2.00 bits per heavy atom. The number of nitrogens with one attached hydrogen (secondary N) is 2. The monoisotopic (exact) mass is 325 g/mol. The predicted molar refractivity (Wildman–Crippen MR) is 80.4 cm³/mol. The first kappa shape index (κ1) is 17.7. The molecule has 0 atom stereocenters. The normalized spacial score (nSPS) is 24.9. The third-order valence-corrected chi connectivity index (χ3v) is 5.95. The van der Waals surface area contributed by atoms with Crippen molar-refractivity contribution in [2.75, 3.05) is 38.5 Å². The summed E-state index contributed by atoms with van der Waals surface area (Å²) in [4.78, 5) is 11.8. The molecular weight excluding hydrogens is 302 g/mol. The summed E-state index contributed by atoms with van der Waals surface area (Å²) >= 11 is 0. The van der Waals surface area contributed by atoms with Crippen molar-refractivity contribution in [2.24, 2.45) is 5.41 Å². The van der Waals surface area contributed by atoms with E-state index in [9.17, 15) is 13.2 Å². The van der Waals surface area contributed by atoms with E-state index in [4.69, 9.17) is 0 Å². The van der Waals surface area contributed by atoms with E-state index in [1.54, 1.807) is 0 Å². The van der Waals surface area contributed by atoms with Crippen molar-refractivity contribution < 1.29 is 13.2 Å². The number of carbonyl (C=O) groups excluding carboxylic acids is 1. The smallest absolute Gasteiger partial charge is 0.235 e. The fourth-order valence-electron chi connectivity index (χ4n) is 2.60. The van der Waals surface area contributed by atoms with Gasteiger partial charge in [-0.05, 0) is 37.8 Å². The molecule has 2 heterocycles. The summed E-state index contributed by atoms with van der Waals surface area (Å²) < 4.78 is 24.5. The Hall–Kier alpha value is -0.370. The lowest BCUT2D eigenvalue weighted by Gasteiger charge is -2.34. The maximum Gasteiger partial charge on any atom is 0.235 e. The zero-order valence-electron chi connectivity index (χ0n) is 11.9. The molecule has 2 fully saturated rings.